The molecule has 0 spiro atoms. The highest BCUT2D eigenvalue weighted by molar-refractivity contribution is 5.88. The molecule has 5 nitrogen and oxygen atoms in total. The molecule has 5 heteroatoms. The fraction of sp³-hybridized carbons (Fsp3) is 0.286. The van der Waals surface area contributed by atoms with Crippen molar-refractivity contribution in [2.24, 2.45) is 0 Å². The third-order valence-electron chi connectivity index (χ3n) is 2.82. The lowest BCUT2D eigenvalue weighted by Crippen LogP contribution is -2.27. The largest absolute Gasteiger partial charge is 0.481 e. The van der Waals surface area contributed by atoms with E-state index in [0.717, 1.165) is 22.1 Å². The van der Waals surface area contributed by atoms with E-state index in [9.17, 15) is 9.59 Å². The van der Waals surface area contributed by atoms with Crippen molar-refractivity contribution < 1.29 is 19.1 Å². The third-order valence-corrected chi connectivity index (χ3v) is 2.82. The average Bonchev–Trinajstić information content (AvgIpc) is 2.71. The molecule has 0 saturated heterocycles. The van der Waals surface area contributed by atoms with Crippen LogP contribution in [0, 0.1) is 6.92 Å². The van der Waals surface area contributed by atoms with Crippen LogP contribution in [0.2, 0.25) is 0 Å². The molecule has 0 radical (unpaired) electrons. The summed E-state index contributed by atoms with van der Waals surface area (Å²) in [5.41, 5.74) is 2.66. The standard InChI is InChI=1S/C14H15NO4/c1-9-2-3-11-10(8-19-12(11)6-9)7-13(16)15-5-4-14(17)18/h2-3,6,8H,4-5,7H2,1H3,(H,15,16)(H,17,18). The summed E-state index contributed by atoms with van der Waals surface area (Å²) in [6.45, 7) is 2.11. The van der Waals surface area contributed by atoms with Gasteiger partial charge in [-0.05, 0) is 18.6 Å². The van der Waals surface area contributed by atoms with Crippen LogP contribution >= 0.6 is 0 Å². The van der Waals surface area contributed by atoms with Crippen molar-refractivity contribution in [3.05, 3.63) is 35.6 Å². The zero-order valence-corrected chi connectivity index (χ0v) is 10.6. The second kappa shape index (κ2) is 5.56. The fourth-order valence-electron chi connectivity index (χ4n) is 1.87. The van der Waals surface area contributed by atoms with Gasteiger partial charge in [0.2, 0.25) is 5.91 Å². The molecule has 1 aromatic heterocycles. The van der Waals surface area contributed by atoms with Crippen LogP contribution < -0.4 is 5.32 Å². The van der Waals surface area contributed by atoms with E-state index in [4.69, 9.17) is 9.52 Å². The van der Waals surface area contributed by atoms with E-state index in [1.807, 2.05) is 25.1 Å². The number of carbonyl (C=O) groups is 2. The third kappa shape index (κ3) is 3.34. The molecule has 0 aliphatic carbocycles. The summed E-state index contributed by atoms with van der Waals surface area (Å²) in [5, 5.41) is 12.0. The highest BCUT2D eigenvalue weighted by Gasteiger charge is 2.10. The SMILES string of the molecule is Cc1ccc2c(CC(=O)NCCC(=O)O)coc2c1. The van der Waals surface area contributed by atoms with E-state index in [1.54, 1.807) is 6.26 Å². The summed E-state index contributed by atoms with van der Waals surface area (Å²) >= 11 is 0. The van der Waals surface area contributed by atoms with Gasteiger partial charge in [-0.3, -0.25) is 9.59 Å². The summed E-state index contributed by atoms with van der Waals surface area (Å²) in [6.07, 6.45) is 1.69. The van der Waals surface area contributed by atoms with Gasteiger partial charge in [0.15, 0.2) is 0 Å². The second-order valence-electron chi connectivity index (χ2n) is 4.43. The van der Waals surface area contributed by atoms with Crippen LogP contribution in [0.3, 0.4) is 0 Å². The Morgan fingerprint density at radius 2 is 2.16 bits per heavy atom. The van der Waals surface area contributed by atoms with Crippen molar-refractivity contribution in [1.29, 1.82) is 0 Å². The lowest BCUT2D eigenvalue weighted by Gasteiger charge is -2.02. The molecule has 2 N–H and O–H groups in total. The van der Waals surface area contributed by atoms with Gasteiger partial charge in [0, 0.05) is 17.5 Å². The number of nitrogens with one attached hydrogen (secondary N) is 1. The minimum atomic E-state index is -0.926. The van der Waals surface area contributed by atoms with Gasteiger partial charge < -0.3 is 14.8 Å². The van der Waals surface area contributed by atoms with Crippen LogP contribution in [0.15, 0.2) is 28.9 Å². The monoisotopic (exact) mass is 261 g/mol. The van der Waals surface area contributed by atoms with Crippen molar-refractivity contribution in [3.8, 4) is 0 Å². The maximum atomic E-state index is 11.7. The number of rotatable bonds is 5. The zero-order valence-electron chi connectivity index (χ0n) is 10.6. The van der Waals surface area contributed by atoms with Crippen molar-refractivity contribution in [3.63, 3.8) is 0 Å². The van der Waals surface area contributed by atoms with Crippen LogP contribution in [0.1, 0.15) is 17.5 Å². The average molecular weight is 261 g/mol. The molecule has 0 bridgehead atoms. The Morgan fingerprint density at radius 3 is 2.89 bits per heavy atom. The van der Waals surface area contributed by atoms with Crippen LogP contribution in [0.4, 0.5) is 0 Å². The van der Waals surface area contributed by atoms with Gasteiger partial charge in [0.25, 0.3) is 0 Å². The topological polar surface area (TPSA) is 79.5 Å². The number of aryl methyl sites for hydroxylation is 1. The molecule has 0 aliphatic rings. The first-order chi connectivity index (χ1) is 9.06. The molecule has 0 aliphatic heterocycles. The van der Waals surface area contributed by atoms with Gasteiger partial charge in [0.05, 0.1) is 19.1 Å². The van der Waals surface area contributed by atoms with Gasteiger partial charge >= 0.3 is 5.97 Å². The van der Waals surface area contributed by atoms with Gasteiger partial charge in [-0.25, -0.2) is 0 Å². The van der Waals surface area contributed by atoms with Gasteiger partial charge in [-0.2, -0.15) is 0 Å². The van der Waals surface area contributed by atoms with Crippen molar-refractivity contribution in [1.82, 2.24) is 5.32 Å². The lowest BCUT2D eigenvalue weighted by atomic mass is 10.1. The number of furan rings is 1. The normalized spacial score (nSPS) is 10.6. The van der Waals surface area contributed by atoms with Crippen LogP contribution in [0.25, 0.3) is 11.0 Å². The van der Waals surface area contributed by atoms with Gasteiger partial charge in [-0.1, -0.05) is 12.1 Å². The van der Waals surface area contributed by atoms with E-state index >= 15 is 0 Å². The minimum Gasteiger partial charge on any atom is -0.481 e. The predicted molar refractivity (Wildman–Crippen MR) is 69.9 cm³/mol. The van der Waals surface area contributed by atoms with Crippen LogP contribution in [-0.4, -0.2) is 23.5 Å². The highest BCUT2D eigenvalue weighted by Crippen LogP contribution is 2.22. The Morgan fingerprint density at radius 1 is 1.37 bits per heavy atom. The summed E-state index contributed by atoms with van der Waals surface area (Å²) in [5.74, 6) is -1.13. The van der Waals surface area contributed by atoms with Crippen LogP contribution in [0.5, 0.6) is 0 Å². The van der Waals surface area contributed by atoms with Crippen LogP contribution in [-0.2, 0) is 16.0 Å². The van der Waals surface area contributed by atoms with E-state index in [0.29, 0.717) is 0 Å². The van der Waals surface area contributed by atoms with Crippen molar-refractivity contribution in [2.45, 2.75) is 19.8 Å². The first-order valence-corrected chi connectivity index (χ1v) is 6.01. The summed E-state index contributed by atoms with van der Waals surface area (Å²) in [4.78, 5) is 22.0. The summed E-state index contributed by atoms with van der Waals surface area (Å²) in [7, 11) is 0. The Kier molecular flexibility index (Phi) is 3.85. The maximum absolute atomic E-state index is 11.7. The molecule has 0 atom stereocenters. The first-order valence-electron chi connectivity index (χ1n) is 6.01. The number of carboxylic acids is 1. The molecule has 0 fully saturated rings. The van der Waals surface area contributed by atoms with E-state index in [2.05, 4.69) is 5.32 Å². The fourth-order valence-corrected chi connectivity index (χ4v) is 1.87. The Bertz CT molecular complexity index is 615. The van der Waals surface area contributed by atoms with Gasteiger partial charge in [-0.15, -0.1) is 0 Å². The molecular weight excluding hydrogens is 246 g/mol. The molecule has 1 heterocycles. The highest BCUT2D eigenvalue weighted by atomic mass is 16.4. The number of amides is 1. The predicted octanol–water partition coefficient (Wildman–Crippen LogP) is 1.87. The number of carbonyl (C=O) groups excluding carboxylic acids is 1. The molecule has 1 amide bonds. The van der Waals surface area contributed by atoms with Crippen molar-refractivity contribution in [2.75, 3.05) is 6.54 Å². The molecule has 19 heavy (non-hydrogen) atoms. The Balaban J connectivity index is 2.01. The number of benzene rings is 1. The molecule has 2 rings (SSSR count). The van der Waals surface area contributed by atoms with E-state index < -0.39 is 5.97 Å². The molecule has 100 valence electrons. The summed E-state index contributed by atoms with van der Waals surface area (Å²) < 4.78 is 5.40. The van der Waals surface area contributed by atoms with Crippen molar-refractivity contribution >= 4 is 22.8 Å². The number of hydrogen-bond donors (Lipinski definition) is 2. The number of aliphatic carboxylic acids is 1. The van der Waals surface area contributed by atoms with E-state index in [-0.39, 0.29) is 25.3 Å². The maximum Gasteiger partial charge on any atom is 0.305 e. The first kappa shape index (κ1) is 13.1. The molecular formula is C14H15NO4. The Labute approximate surface area is 110 Å². The lowest BCUT2D eigenvalue weighted by molar-refractivity contribution is -0.136. The number of fused-ring (bicyclic) bond motifs is 1. The smallest absolute Gasteiger partial charge is 0.305 e. The Hall–Kier alpha value is -2.30. The molecule has 0 unspecified atom stereocenters. The second-order valence-corrected chi connectivity index (χ2v) is 4.43. The van der Waals surface area contributed by atoms with E-state index in [1.165, 1.54) is 0 Å². The quantitative estimate of drug-likeness (QED) is 0.861. The minimum absolute atomic E-state index is 0.0724. The molecule has 2 aromatic rings. The number of hydrogen-bond acceptors (Lipinski definition) is 3. The summed E-state index contributed by atoms with van der Waals surface area (Å²) in [6, 6.07) is 5.80. The molecule has 0 saturated carbocycles. The molecule has 1 aromatic carbocycles. The van der Waals surface area contributed by atoms with Gasteiger partial charge in [0.1, 0.15) is 5.58 Å². The zero-order chi connectivity index (χ0) is 13.8. The number of carboxylic acid groups (broad SMARTS) is 1.